The van der Waals surface area contributed by atoms with Gasteiger partial charge in [0, 0.05) is 11.4 Å². The fourth-order valence-corrected chi connectivity index (χ4v) is 3.16. The third-order valence-electron chi connectivity index (χ3n) is 3.98. The van der Waals surface area contributed by atoms with Crippen LogP contribution in [0.25, 0.3) is 0 Å². The highest BCUT2D eigenvalue weighted by molar-refractivity contribution is 7.99. The molecule has 0 atom stereocenters. The van der Waals surface area contributed by atoms with E-state index in [1.165, 1.54) is 24.6 Å². The number of rotatable bonds is 9. The quantitative estimate of drug-likeness (QED) is 0.696. The fourth-order valence-electron chi connectivity index (χ4n) is 2.47. The first-order valence-corrected chi connectivity index (χ1v) is 9.69. The lowest BCUT2D eigenvalue weighted by atomic mass is 10.1. The Morgan fingerprint density at radius 1 is 1.15 bits per heavy atom. The van der Waals surface area contributed by atoms with E-state index in [1.54, 1.807) is 6.07 Å². The van der Waals surface area contributed by atoms with Crippen molar-refractivity contribution >= 4 is 29.3 Å². The second-order valence-electron chi connectivity index (χ2n) is 6.29. The predicted octanol–water partition coefficient (Wildman–Crippen LogP) is 4.05. The number of carboxylic acid groups (broad SMARTS) is 1. The Kier molecular flexibility index (Phi) is 6.17. The van der Waals surface area contributed by atoms with Gasteiger partial charge in [0.25, 0.3) is 5.91 Å². The minimum absolute atomic E-state index is 0.0578. The first kappa shape index (κ1) is 18.3. The molecular weight excluding hydrogens is 350 g/mol. The van der Waals surface area contributed by atoms with E-state index in [4.69, 9.17) is 9.84 Å². The van der Waals surface area contributed by atoms with Crippen LogP contribution in [0, 0.1) is 5.92 Å². The van der Waals surface area contributed by atoms with E-state index in [-0.39, 0.29) is 11.7 Å². The van der Waals surface area contributed by atoms with E-state index < -0.39 is 5.97 Å². The Hall–Kier alpha value is -2.47. The zero-order valence-corrected chi connectivity index (χ0v) is 15.1. The number of thioether (sulfide) groups is 1. The average molecular weight is 371 g/mol. The summed E-state index contributed by atoms with van der Waals surface area (Å²) in [5.74, 6) is 0.810. The molecule has 6 heteroatoms. The van der Waals surface area contributed by atoms with E-state index in [0.717, 1.165) is 5.56 Å². The molecule has 0 aliphatic heterocycles. The predicted molar refractivity (Wildman–Crippen MR) is 103 cm³/mol. The van der Waals surface area contributed by atoms with E-state index in [2.05, 4.69) is 5.32 Å². The molecule has 1 aliphatic carbocycles. The van der Waals surface area contributed by atoms with Crippen LogP contribution in [0.3, 0.4) is 0 Å². The Labute approximate surface area is 156 Å². The van der Waals surface area contributed by atoms with Crippen molar-refractivity contribution in [3.8, 4) is 5.75 Å². The summed E-state index contributed by atoms with van der Waals surface area (Å²) in [5, 5.41) is 11.6. The maximum absolute atomic E-state index is 12.6. The third kappa shape index (κ3) is 5.52. The number of nitrogens with one attached hydrogen (secondary N) is 1. The minimum atomic E-state index is -0.831. The number of para-hydroxylation sites is 1. The topological polar surface area (TPSA) is 75.6 Å². The monoisotopic (exact) mass is 371 g/mol. The number of amides is 1. The molecule has 0 bridgehead atoms. The highest BCUT2D eigenvalue weighted by Gasteiger charge is 2.23. The molecule has 26 heavy (non-hydrogen) atoms. The lowest BCUT2D eigenvalue weighted by Crippen LogP contribution is -2.14. The number of carbonyl (C=O) groups is 2. The number of hydrogen-bond acceptors (Lipinski definition) is 4. The summed E-state index contributed by atoms with van der Waals surface area (Å²) in [6.45, 7) is 0.653. The van der Waals surface area contributed by atoms with Gasteiger partial charge in [-0.15, -0.1) is 11.8 Å². The highest BCUT2D eigenvalue weighted by Crippen LogP contribution is 2.30. The largest absolute Gasteiger partial charge is 0.492 e. The maximum atomic E-state index is 12.6. The van der Waals surface area contributed by atoms with E-state index >= 15 is 0 Å². The molecule has 0 saturated heterocycles. The van der Waals surface area contributed by atoms with Gasteiger partial charge in [-0.3, -0.25) is 9.59 Å². The van der Waals surface area contributed by atoms with Crippen LogP contribution in [0.4, 0.5) is 5.69 Å². The molecule has 5 nitrogen and oxygen atoms in total. The molecule has 1 aliphatic rings. The van der Waals surface area contributed by atoms with Gasteiger partial charge in [0.2, 0.25) is 0 Å². The first-order valence-electron chi connectivity index (χ1n) is 8.53. The molecule has 1 fully saturated rings. The summed E-state index contributed by atoms with van der Waals surface area (Å²) >= 11 is 1.32. The molecule has 2 N–H and O–H groups in total. The summed E-state index contributed by atoms with van der Waals surface area (Å²) < 4.78 is 5.80. The molecule has 3 rings (SSSR count). The number of aliphatic carboxylic acids is 1. The van der Waals surface area contributed by atoms with Gasteiger partial charge in [-0.25, -0.2) is 0 Å². The van der Waals surface area contributed by atoms with E-state index in [9.17, 15) is 9.59 Å². The zero-order chi connectivity index (χ0) is 18.4. The van der Waals surface area contributed by atoms with Gasteiger partial charge in [-0.2, -0.15) is 0 Å². The standard InChI is InChI=1S/C20H21NO4S/c22-19(23)13-26-12-15-4-3-5-16(10-15)21-20(24)17-6-1-2-7-18(17)25-11-14-8-9-14/h1-7,10,14H,8-9,11-13H2,(H,21,24)(H,22,23). The van der Waals surface area contributed by atoms with Gasteiger partial charge >= 0.3 is 5.97 Å². The summed E-state index contributed by atoms with van der Waals surface area (Å²) in [6.07, 6.45) is 2.39. The normalized spacial score (nSPS) is 13.2. The molecule has 1 saturated carbocycles. The van der Waals surface area contributed by atoms with Crippen molar-refractivity contribution in [2.24, 2.45) is 5.92 Å². The summed E-state index contributed by atoms with van der Waals surface area (Å²) in [5.41, 5.74) is 2.16. The minimum Gasteiger partial charge on any atom is -0.492 e. The maximum Gasteiger partial charge on any atom is 0.313 e. The van der Waals surface area contributed by atoms with E-state index in [1.807, 2.05) is 42.5 Å². The molecule has 1 amide bonds. The number of carboxylic acids is 1. The van der Waals surface area contributed by atoms with Crippen molar-refractivity contribution in [2.45, 2.75) is 18.6 Å². The molecule has 2 aromatic rings. The van der Waals surface area contributed by atoms with Crippen molar-refractivity contribution in [1.29, 1.82) is 0 Å². The first-order chi connectivity index (χ1) is 12.6. The van der Waals surface area contributed by atoms with Gasteiger partial charge in [0.05, 0.1) is 17.9 Å². The van der Waals surface area contributed by atoms with Gasteiger partial charge in [-0.1, -0.05) is 24.3 Å². The molecule has 0 heterocycles. The molecule has 0 unspecified atom stereocenters. The van der Waals surface area contributed by atoms with Crippen molar-refractivity contribution in [2.75, 3.05) is 17.7 Å². The number of benzene rings is 2. The third-order valence-corrected chi connectivity index (χ3v) is 4.97. The van der Waals surface area contributed by atoms with Crippen LogP contribution in [0.2, 0.25) is 0 Å². The number of hydrogen-bond donors (Lipinski definition) is 2. The lowest BCUT2D eigenvalue weighted by Gasteiger charge is -2.12. The molecule has 136 valence electrons. The van der Waals surface area contributed by atoms with Crippen LogP contribution in [0.15, 0.2) is 48.5 Å². The molecule has 0 radical (unpaired) electrons. The van der Waals surface area contributed by atoms with Gasteiger partial charge < -0.3 is 15.2 Å². The SMILES string of the molecule is O=C(O)CSCc1cccc(NC(=O)c2ccccc2OCC2CC2)c1. The molecule has 2 aromatic carbocycles. The van der Waals surface area contributed by atoms with Crippen LogP contribution < -0.4 is 10.1 Å². The average Bonchev–Trinajstić information content (AvgIpc) is 3.45. The lowest BCUT2D eigenvalue weighted by molar-refractivity contribution is -0.133. The molecule has 0 aromatic heterocycles. The number of carbonyl (C=O) groups excluding carboxylic acids is 1. The smallest absolute Gasteiger partial charge is 0.313 e. The van der Waals surface area contributed by atoms with Crippen LogP contribution in [-0.2, 0) is 10.5 Å². The van der Waals surface area contributed by atoms with Gasteiger partial charge in [0.1, 0.15) is 5.75 Å². The Bertz CT molecular complexity index is 789. The Morgan fingerprint density at radius 2 is 1.96 bits per heavy atom. The van der Waals surface area contributed by atoms with Crippen molar-refractivity contribution < 1.29 is 19.4 Å². The summed E-state index contributed by atoms with van der Waals surface area (Å²) in [4.78, 5) is 23.2. The Morgan fingerprint density at radius 3 is 2.73 bits per heavy atom. The number of ether oxygens (including phenoxy) is 1. The number of anilines is 1. The van der Waals surface area contributed by atoms with E-state index in [0.29, 0.717) is 35.3 Å². The molecular formula is C20H21NO4S. The molecule has 0 spiro atoms. The van der Waals surface area contributed by atoms with Crippen molar-refractivity contribution in [3.63, 3.8) is 0 Å². The second kappa shape index (κ2) is 8.76. The Balaban J connectivity index is 1.63. The highest BCUT2D eigenvalue weighted by atomic mass is 32.2. The van der Waals surface area contributed by atoms with Gasteiger partial charge in [-0.05, 0) is 48.6 Å². The van der Waals surface area contributed by atoms with Crippen LogP contribution >= 0.6 is 11.8 Å². The van der Waals surface area contributed by atoms with Crippen molar-refractivity contribution in [3.05, 3.63) is 59.7 Å². The fraction of sp³-hybridized carbons (Fsp3) is 0.300. The van der Waals surface area contributed by atoms with Gasteiger partial charge in [0.15, 0.2) is 0 Å². The van der Waals surface area contributed by atoms with Crippen LogP contribution in [0.5, 0.6) is 5.75 Å². The summed E-state index contributed by atoms with van der Waals surface area (Å²) in [7, 11) is 0. The van der Waals surface area contributed by atoms with Crippen LogP contribution in [-0.4, -0.2) is 29.3 Å². The zero-order valence-electron chi connectivity index (χ0n) is 14.3. The van der Waals surface area contributed by atoms with Crippen molar-refractivity contribution in [1.82, 2.24) is 0 Å². The summed E-state index contributed by atoms with van der Waals surface area (Å²) in [6, 6.07) is 14.7. The van der Waals surface area contributed by atoms with Crippen LogP contribution in [0.1, 0.15) is 28.8 Å². The second-order valence-corrected chi connectivity index (χ2v) is 7.28.